The van der Waals surface area contributed by atoms with E-state index in [0.717, 1.165) is 25.2 Å². The maximum Gasteiger partial charge on any atom is 0.251 e. The molecule has 4 rings (SSSR count). The molecule has 2 amide bonds. The van der Waals surface area contributed by atoms with Gasteiger partial charge in [0, 0.05) is 60.9 Å². The lowest BCUT2D eigenvalue weighted by Gasteiger charge is -2.30. The molecule has 2 aliphatic heterocycles. The van der Waals surface area contributed by atoms with Crippen molar-refractivity contribution in [3.63, 3.8) is 0 Å². The van der Waals surface area contributed by atoms with Gasteiger partial charge in [0.15, 0.2) is 0 Å². The van der Waals surface area contributed by atoms with E-state index in [9.17, 15) is 9.59 Å². The van der Waals surface area contributed by atoms with Crippen LogP contribution in [0.4, 0.5) is 0 Å². The Bertz CT molecular complexity index is 1090. The monoisotopic (exact) mass is 586 g/mol. The number of amides is 2. The normalized spacial score (nSPS) is 21.1. The van der Waals surface area contributed by atoms with Gasteiger partial charge in [-0.2, -0.15) is 0 Å². The van der Waals surface area contributed by atoms with Gasteiger partial charge in [-0.25, -0.2) is 0 Å². The molecule has 2 aromatic rings. The molecule has 2 saturated heterocycles. The minimum atomic E-state index is -0.383. The molecule has 0 aromatic heterocycles. The van der Waals surface area contributed by atoms with E-state index in [-0.39, 0.29) is 23.9 Å². The fraction of sp³-hybridized carbons (Fsp3) is 0.462. The Hall–Kier alpha value is -1.58. The van der Waals surface area contributed by atoms with Crippen LogP contribution in [0.1, 0.15) is 28.8 Å². The number of carbonyl (C=O) groups is 2. The zero-order chi connectivity index (χ0) is 26.4. The fourth-order valence-electron chi connectivity index (χ4n) is 4.62. The van der Waals surface area contributed by atoms with E-state index in [1.54, 1.807) is 24.3 Å². The first-order valence-corrected chi connectivity index (χ1v) is 13.8. The van der Waals surface area contributed by atoms with Gasteiger partial charge in [-0.3, -0.25) is 14.5 Å². The first-order chi connectivity index (χ1) is 17.8. The Morgan fingerprint density at radius 2 is 1.73 bits per heavy atom. The molecule has 0 radical (unpaired) electrons. The maximum absolute atomic E-state index is 13.6. The van der Waals surface area contributed by atoms with Crippen molar-refractivity contribution in [1.82, 2.24) is 20.4 Å². The van der Waals surface area contributed by atoms with Gasteiger partial charge < -0.3 is 20.3 Å². The SMILES string of the molecule is O=C(NCC1CCN(Cc2cc(Cl)cc(Cl)c2)C(=O)C(CCN2CCOCC2)N1)c1ccc(Cl)c(Cl)c1. The van der Waals surface area contributed by atoms with Crippen molar-refractivity contribution in [3.8, 4) is 0 Å². The Balaban J connectivity index is 1.43. The number of halogens is 4. The van der Waals surface area contributed by atoms with Crippen molar-refractivity contribution in [2.75, 3.05) is 45.9 Å². The lowest BCUT2D eigenvalue weighted by Crippen LogP contribution is -2.50. The number of carbonyl (C=O) groups excluding carboxylic acids is 2. The van der Waals surface area contributed by atoms with Crippen LogP contribution in [0.3, 0.4) is 0 Å². The first-order valence-electron chi connectivity index (χ1n) is 12.3. The predicted octanol–water partition coefficient (Wildman–Crippen LogP) is 4.51. The lowest BCUT2D eigenvalue weighted by molar-refractivity contribution is -0.133. The molecule has 0 saturated carbocycles. The van der Waals surface area contributed by atoms with Crippen molar-refractivity contribution in [2.24, 2.45) is 0 Å². The number of benzene rings is 2. The van der Waals surface area contributed by atoms with Crippen LogP contribution in [0.15, 0.2) is 36.4 Å². The summed E-state index contributed by atoms with van der Waals surface area (Å²) in [6.45, 7) is 5.23. The average molecular weight is 588 g/mol. The lowest BCUT2D eigenvalue weighted by atomic mass is 10.1. The zero-order valence-electron chi connectivity index (χ0n) is 20.3. The molecule has 11 heteroatoms. The molecule has 0 bridgehead atoms. The topological polar surface area (TPSA) is 73.9 Å². The largest absolute Gasteiger partial charge is 0.379 e. The molecule has 2 atom stereocenters. The van der Waals surface area contributed by atoms with Crippen LogP contribution < -0.4 is 10.6 Å². The number of nitrogens with zero attached hydrogens (tertiary/aromatic N) is 2. The number of hydrogen-bond donors (Lipinski definition) is 2. The molecule has 2 fully saturated rings. The third-order valence-corrected chi connectivity index (χ3v) is 7.79. The second-order valence-electron chi connectivity index (χ2n) is 9.32. The van der Waals surface area contributed by atoms with Crippen molar-refractivity contribution in [3.05, 3.63) is 67.6 Å². The summed E-state index contributed by atoms with van der Waals surface area (Å²) < 4.78 is 5.45. The van der Waals surface area contributed by atoms with E-state index in [1.165, 1.54) is 0 Å². The molecule has 37 heavy (non-hydrogen) atoms. The number of morpholine rings is 1. The maximum atomic E-state index is 13.6. The molecular weight excluding hydrogens is 558 g/mol. The van der Waals surface area contributed by atoms with Gasteiger partial charge in [0.2, 0.25) is 5.91 Å². The Kier molecular flexibility index (Phi) is 10.4. The Morgan fingerprint density at radius 1 is 1.00 bits per heavy atom. The standard InChI is InChI=1S/C26H30Cl4N4O3/c27-19-11-17(12-20(28)14-19)16-34-6-3-21(15-31-25(35)18-1-2-22(29)23(30)13-18)32-24(26(34)36)4-5-33-7-9-37-10-8-33/h1-2,11-14,21,24,32H,3-10,15-16H2,(H,31,35). The Morgan fingerprint density at radius 3 is 2.43 bits per heavy atom. The quantitative estimate of drug-likeness (QED) is 0.475. The van der Waals surface area contributed by atoms with Crippen LogP contribution in [-0.2, 0) is 16.1 Å². The Labute approximate surface area is 237 Å². The van der Waals surface area contributed by atoms with Crippen LogP contribution >= 0.6 is 46.4 Å². The molecule has 0 aliphatic carbocycles. The summed E-state index contributed by atoms with van der Waals surface area (Å²) in [4.78, 5) is 30.5. The van der Waals surface area contributed by atoms with Crippen LogP contribution in [0.5, 0.6) is 0 Å². The van der Waals surface area contributed by atoms with Crippen molar-refractivity contribution >= 4 is 58.2 Å². The zero-order valence-corrected chi connectivity index (χ0v) is 23.3. The minimum Gasteiger partial charge on any atom is -0.379 e. The van der Waals surface area contributed by atoms with Crippen LogP contribution in [0.25, 0.3) is 0 Å². The van der Waals surface area contributed by atoms with Gasteiger partial charge in [-0.15, -0.1) is 0 Å². The first kappa shape index (κ1) is 28.4. The van der Waals surface area contributed by atoms with Gasteiger partial charge in [-0.05, 0) is 54.8 Å². The molecular formula is C26H30Cl4N4O3. The van der Waals surface area contributed by atoms with Gasteiger partial charge in [-0.1, -0.05) is 46.4 Å². The van der Waals surface area contributed by atoms with Crippen molar-refractivity contribution in [1.29, 1.82) is 0 Å². The highest BCUT2D eigenvalue weighted by molar-refractivity contribution is 6.42. The highest BCUT2D eigenvalue weighted by Crippen LogP contribution is 2.23. The van der Waals surface area contributed by atoms with Gasteiger partial charge >= 0.3 is 0 Å². The number of nitrogens with one attached hydrogen (secondary N) is 2. The van der Waals surface area contributed by atoms with Crippen molar-refractivity contribution < 1.29 is 14.3 Å². The van der Waals surface area contributed by atoms with E-state index >= 15 is 0 Å². The summed E-state index contributed by atoms with van der Waals surface area (Å²) in [6, 6.07) is 9.65. The van der Waals surface area contributed by atoms with Crippen LogP contribution in [0, 0.1) is 0 Å². The highest BCUT2D eigenvalue weighted by atomic mass is 35.5. The molecule has 200 valence electrons. The molecule has 0 spiro atoms. The van der Waals surface area contributed by atoms with E-state index < -0.39 is 0 Å². The predicted molar refractivity (Wildman–Crippen MR) is 148 cm³/mol. The summed E-state index contributed by atoms with van der Waals surface area (Å²) in [5.74, 6) is -0.214. The number of ether oxygens (including phenoxy) is 1. The molecule has 2 aromatic carbocycles. The summed E-state index contributed by atoms with van der Waals surface area (Å²) in [7, 11) is 0. The summed E-state index contributed by atoms with van der Waals surface area (Å²) in [6.07, 6.45) is 1.33. The second kappa shape index (κ2) is 13.5. The molecule has 7 nitrogen and oxygen atoms in total. The summed E-state index contributed by atoms with van der Waals surface area (Å²) in [5.41, 5.74) is 1.31. The fourth-order valence-corrected chi connectivity index (χ4v) is 5.49. The summed E-state index contributed by atoms with van der Waals surface area (Å²) in [5, 5.41) is 8.27. The second-order valence-corrected chi connectivity index (χ2v) is 11.0. The molecule has 2 aliphatic rings. The highest BCUT2D eigenvalue weighted by Gasteiger charge is 2.31. The van der Waals surface area contributed by atoms with Crippen LogP contribution in [0.2, 0.25) is 20.1 Å². The van der Waals surface area contributed by atoms with Crippen LogP contribution in [-0.4, -0.2) is 79.6 Å². The van der Waals surface area contributed by atoms with E-state index in [1.807, 2.05) is 17.0 Å². The third kappa shape index (κ3) is 8.20. The minimum absolute atomic E-state index is 0.0302. The number of hydrogen-bond acceptors (Lipinski definition) is 5. The molecule has 2 heterocycles. The van der Waals surface area contributed by atoms with Crippen molar-refractivity contribution in [2.45, 2.75) is 31.5 Å². The van der Waals surface area contributed by atoms with E-state index in [2.05, 4.69) is 15.5 Å². The third-order valence-electron chi connectivity index (χ3n) is 6.62. The average Bonchev–Trinajstić information content (AvgIpc) is 3.01. The smallest absolute Gasteiger partial charge is 0.251 e. The van der Waals surface area contributed by atoms with Gasteiger partial charge in [0.25, 0.3) is 5.91 Å². The number of rotatable bonds is 8. The molecule has 2 N–H and O–H groups in total. The summed E-state index contributed by atoms with van der Waals surface area (Å²) >= 11 is 24.4. The van der Waals surface area contributed by atoms with E-state index in [4.69, 9.17) is 51.1 Å². The van der Waals surface area contributed by atoms with Gasteiger partial charge in [0.05, 0.1) is 29.3 Å². The molecule has 2 unspecified atom stereocenters. The van der Waals surface area contributed by atoms with E-state index in [0.29, 0.717) is 71.3 Å². The van der Waals surface area contributed by atoms with Gasteiger partial charge in [0.1, 0.15) is 0 Å².